The second kappa shape index (κ2) is 3.98. The molecule has 86 valence electrons. The van der Waals surface area contributed by atoms with Gasteiger partial charge in [-0.3, -0.25) is 4.79 Å². The van der Waals surface area contributed by atoms with Crippen LogP contribution in [0.2, 0.25) is 5.02 Å². The third-order valence-electron chi connectivity index (χ3n) is 2.89. The standard InChI is InChI=1S/C12H15ClN2O/c1-7-4-9(13)6-10-12(7)14-8(2)5-11(16)15(10)3/h4,6,8,14H,5H2,1-3H3. The molecule has 0 fully saturated rings. The largest absolute Gasteiger partial charge is 0.380 e. The summed E-state index contributed by atoms with van der Waals surface area (Å²) in [7, 11) is 1.79. The number of nitrogens with zero attached hydrogens (tertiary/aromatic N) is 1. The molecule has 1 aliphatic rings. The Labute approximate surface area is 100 Å². The van der Waals surface area contributed by atoms with Crippen LogP contribution in [0.4, 0.5) is 11.4 Å². The zero-order valence-corrected chi connectivity index (χ0v) is 10.4. The highest BCUT2D eigenvalue weighted by molar-refractivity contribution is 6.31. The van der Waals surface area contributed by atoms with Crippen molar-refractivity contribution in [3.8, 4) is 0 Å². The van der Waals surface area contributed by atoms with Crippen molar-refractivity contribution in [3.63, 3.8) is 0 Å². The van der Waals surface area contributed by atoms with E-state index in [1.807, 2.05) is 26.0 Å². The van der Waals surface area contributed by atoms with Crippen LogP contribution in [-0.4, -0.2) is 19.0 Å². The van der Waals surface area contributed by atoms with Crippen LogP contribution < -0.4 is 10.2 Å². The van der Waals surface area contributed by atoms with Crippen molar-refractivity contribution >= 4 is 28.9 Å². The number of aryl methyl sites for hydroxylation is 1. The number of fused-ring (bicyclic) bond motifs is 1. The van der Waals surface area contributed by atoms with Crippen LogP contribution >= 0.6 is 11.6 Å². The van der Waals surface area contributed by atoms with Crippen molar-refractivity contribution in [2.45, 2.75) is 26.3 Å². The van der Waals surface area contributed by atoms with Gasteiger partial charge in [-0.25, -0.2) is 0 Å². The van der Waals surface area contributed by atoms with Crippen LogP contribution in [0.25, 0.3) is 0 Å². The lowest BCUT2D eigenvalue weighted by Crippen LogP contribution is -2.27. The molecule has 0 saturated heterocycles. The molecule has 0 aromatic heterocycles. The summed E-state index contributed by atoms with van der Waals surface area (Å²) in [4.78, 5) is 13.5. The first kappa shape index (κ1) is 11.3. The monoisotopic (exact) mass is 238 g/mol. The predicted molar refractivity (Wildman–Crippen MR) is 67.3 cm³/mol. The van der Waals surface area contributed by atoms with Gasteiger partial charge < -0.3 is 10.2 Å². The van der Waals surface area contributed by atoms with Gasteiger partial charge in [0.25, 0.3) is 0 Å². The Bertz CT molecular complexity index is 445. The molecular formula is C12H15ClN2O. The predicted octanol–water partition coefficient (Wildman–Crippen LogP) is 2.82. The first-order valence-corrected chi connectivity index (χ1v) is 5.70. The number of halogens is 1. The number of nitrogens with one attached hydrogen (secondary N) is 1. The molecule has 0 saturated carbocycles. The Morgan fingerprint density at radius 3 is 2.88 bits per heavy atom. The van der Waals surface area contributed by atoms with Crippen LogP contribution in [0.1, 0.15) is 18.9 Å². The van der Waals surface area contributed by atoms with Gasteiger partial charge >= 0.3 is 0 Å². The van der Waals surface area contributed by atoms with Crippen molar-refractivity contribution in [2.24, 2.45) is 0 Å². The smallest absolute Gasteiger partial charge is 0.228 e. The lowest BCUT2D eigenvalue weighted by Gasteiger charge is -2.19. The summed E-state index contributed by atoms with van der Waals surface area (Å²) in [6.45, 7) is 4.00. The minimum atomic E-state index is 0.111. The normalized spacial score (nSPS) is 20.1. The van der Waals surface area contributed by atoms with Crippen LogP contribution in [0.15, 0.2) is 12.1 Å². The van der Waals surface area contributed by atoms with E-state index >= 15 is 0 Å². The Morgan fingerprint density at radius 2 is 2.19 bits per heavy atom. The number of carbonyl (C=O) groups excluding carboxylic acids is 1. The summed E-state index contributed by atoms with van der Waals surface area (Å²) >= 11 is 6.02. The zero-order valence-electron chi connectivity index (χ0n) is 9.67. The third kappa shape index (κ3) is 1.87. The van der Waals surface area contributed by atoms with Gasteiger partial charge in [-0.05, 0) is 31.5 Å². The van der Waals surface area contributed by atoms with Gasteiger partial charge in [0.1, 0.15) is 0 Å². The fourth-order valence-electron chi connectivity index (χ4n) is 2.01. The molecule has 4 heteroatoms. The molecule has 3 nitrogen and oxygen atoms in total. The molecule has 1 unspecified atom stereocenters. The summed E-state index contributed by atoms with van der Waals surface area (Å²) in [5, 5.41) is 4.02. The number of hydrogen-bond donors (Lipinski definition) is 1. The molecule has 1 N–H and O–H groups in total. The quantitative estimate of drug-likeness (QED) is 0.754. The summed E-state index contributed by atoms with van der Waals surface area (Å²) in [5.41, 5.74) is 2.93. The van der Waals surface area contributed by atoms with Crippen LogP contribution in [0.5, 0.6) is 0 Å². The molecule has 1 aromatic carbocycles. The Kier molecular flexibility index (Phi) is 2.80. The van der Waals surface area contributed by atoms with Gasteiger partial charge in [-0.1, -0.05) is 11.6 Å². The van der Waals surface area contributed by atoms with Crippen molar-refractivity contribution in [1.82, 2.24) is 0 Å². The van der Waals surface area contributed by atoms with E-state index in [9.17, 15) is 4.79 Å². The molecule has 0 spiro atoms. The summed E-state index contributed by atoms with van der Waals surface area (Å²) < 4.78 is 0. The van der Waals surface area contributed by atoms with Crippen LogP contribution in [0, 0.1) is 6.92 Å². The van der Waals surface area contributed by atoms with Crippen molar-refractivity contribution in [1.29, 1.82) is 0 Å². The number of benzene rings is 1. The molecule has 2 rings (SSSR count). The molecule has 0 radical (unpaired) electrons. The third-order valence-corrected chi connectivity index (χ3v) is 3.10. The van der Waals surface area contributed by atoms with Crippen molar-refractivity contribution < 1.29 is 4.79 Å². The molecule has 1 atom stereocenters. The second-order valence-electron chi connectivity index (χ2n) is 4.32. The molecule has 1 aliphatic heterocycles. The van der Waals surface area contributed by atoms with Crippen LogP contribution in [-0.2, 0) is 4.79 Å². The van der Waals surface area contributed by atoms with Crippen molar-refractivity contribution in [3.05, 3.63) is 22.7 Å². The van der Waals surface area contributed by atoms with Gasteiger partial charge in [-0.2, -0.15) is 0 Å². The molecule has 1 heterocycles. The lowest BCUT2D eigenvalue weighted by molar-refractivity contribution is -0.118. The number of carbonyl (C=O) groups is 1. The fraction of sp³-hybridized carbons (Fsp3) is 0.417. The molecular weight excluding hydrogens is 224 g/mol. The Morgan fingerprint density at radius 1 is 1.50 bits per heavy atom. The zero-order chi connectivity index (χ0) is 11.9. The Hall–Kier alpha value is -1.22. The summed E-state index contributed by atoms with van der Waals surface area (Å²) in [5.74, 6) is 0.111. The minimum absolute atomic E-state index is 0.111. The van der Waals surface area contributed by atoms with Crippen molar-refractivity contribution in [2.75, 3.05) is 17.3 Å². The summed E-state index contributed by atoms with van der Waals surface area (Å²) in [6, 6.07) is 3.88. The highest BCUT2D eigenvalue weighted by atomic mass is 35.5. The van der Waals surface area contributed by atoms with Gasteiger partial charge in [0.2, 0.25) is 5.91 Å². The molecule has 0 aliphatic carbocycles. The maximum absolute atomic E-state index is 11.9. The topological polar surface area (TPSA) is 32.3 Å². The Balaban J connectivity index is 2.59. The minimum Gasteiger partial charge on any atom is -0.380 e. The first-order chi connectivity index (χ1) is 7.49. The number of amides is 1. The molecule has 0 bridgehead atoms. The van der Waals surface area contributed by atoms with E-state index in [2.05, 4.69) is 5.32 Å². The molecule has 1 amide bonds. The van der Waals surface area contributed by atoms with Gasteiger partial charge in [0, 0.05) is 24.5 Å². The number of anilines is 2. The fourth-order valence-corrected chi connectivity index (χ4v) is 2.28. The highest BCUT2D eigenvalue weighted by Crippen LogP contribution is 2.35. The highest BCUT2D eigenvalue weighted by Gasteiger charge is 2.23. The van der Waals surface area contributed by atoms with E-state index in [4.69, 9.17) is 11.6 Å². The molecule has 16 heavy (non-hydrogen) atoms. The number of hydrogen-bond acceptors (Lipinski definition) is 2. The molecule has 1 aromatic rings. The van der Waals surface area contributed by atoms with Crippen LogP contribution in [0.3, 0.4) is 0 Å². The van der Waals surface area contributed by atoms with E-state index in [1.165, 1.54) is 0 Å². The van der Waals surface area contributed by atoms with Gasteiger partial charge in [0.15, 0.2) is 0 Å². The van der Waals surface area contributed by atoms with E-state index in [0.717, 1.165) is 16.9 Å². The van der Waals surface area contributed by atoms with E-state index in [-0.39, 0.29) is 11.9 Å². The number of rotatable bonds is 0. The average molecular weight is 239 g/mol. The van der Waals surface area contributed by atoms with E-state index in [1.54, 1.807) is 11.9 Å². The summed E-state index contributed by atoms with van der Waals surface area (Å²) in [6.07, 6.45) is 0.502. The SMILES string of the molecule is Cc1cc(Cl)cc2c1NC(C)CC(=O)N2C. The maximum Gasteiger partial charge on any atom is 0.228 e. The van der Waals surface area contributed by atoms with E-state index in [0.29, 0.717) is 11.4 Å². The second-order valence-corrected chi connectivity index (χ2v) is 4.76. The van der Waals surface area contributed by atoms with Gasteiger partial charge in [-0.15, -0.1) is 0 Å². The van der Waals surface area contributed by atoms with Gasteiger partial charge in [0.05, 0.1) is 11.4 Å². The first-order valence-electron chi connectivity index (χ1n) is 5.32. The maximum atomic E-state index is 11.9. The lowest BCUT2D eigenvalue weighted by atomic mass is 10.1. The van der Waals surface area contributed by atoms with E-state index < -0.39 is 0 Å². The average Bonchev–Trinajstić information content (AvgIpc) is 2.29.